The van der Waals surface area contributed by atoms with Gasteiger partial charge in [-0.05, 0) is 63.6 Å². The SMILES string of the molecule is C=CC(C=C)=c1c(=C)c2cccc(C)c2c(=C\C)/c1=C/C.CC.CC. The maximum absolute atomic E-state index is 4.34. The van der Waals surface area contributed by atoms with Gasteiger partial charge in [0.05, 0.1) is 0 Å². The summed E-state index contributed by atoms with van der Waals surface area (Å²) in [4.78, 5) is 0. The summed E-state index contributed by atoms with van der Waals surface area (Å²) in [6.07, 6.45) is 8.03. The highest BCUT2D eigenvalue weighted by atomic mass is 14.1. The van der Waals surface area contributed by atoms with Crippen molar-refractivity contribution in [3.63, 3.8) is 0 Å². The molecule has 0 amide bonds. The van der Waals surface area contributed by atoms with E-state index in [-0.39, 0.29) is 0 Å². The van der Waals surface area contributed by atoms with Gasteiger partial charge in [-0.2, -0.15) is 0 Å². The van der Waals surface area contributed by atoms with E-state index in [4.69, 9.17) is 0 Å². The first-order valence-corrected chi connectivity index (χ1v) is 9.22. The maximum atomic E-state index is 4.34. The average molecular weight is 335 g/mol. The lowest BCUT2D eigenvalue weighted by Crippen LogP contribution is -2.49. The van der Waals surface area contributed by atoms with E-state index in [0.29, 0.717) is 0 Å². The van der Waals surface area contributed by atoms with Crippen molar-refractivity contribution in [2.45, 2.75) is 48.5 Å². The highest BCUT2D eigenvalue weighted by Crippen LogP contribution is 2.09. The van der Waals surface area contributed by atoms with Gasteiger partial charge in [-0.15, -0.1) is 0 Å². The topological polar surface area (TPSA) is 0 Å². The fourth-order valence-electron chi connectivity index (χ4n) is 3.06. The third-order valence-electron chi connectivity index (χ3n) is 4.03. The average Bonchev–Trinajstić information content (AvgIpc) is 2.67. The van der Waals surface area contributed by atoms with Crippen LogP contribution in [0, 0.1) is 6.92 Å². The van der Waals surface area contributed by atoms with Gasteiger partial charge >= 0.3 is 0 Å². The molecule has 134 valence electrons. The second kappa shape index (κ2) is 11.3. The molecule has 0 aromatic heterocycles. The Morgan fingerprint density at radius 3 is 1.84 bits per heavy atom. The van der Waals surface area contributed by atoms with Crippen LogP contribution in [0.2, 0.25) is 0 Å². The summed E-state index contributed by atoms with van der Waals surface area (Å²) in [6.45, 7) is 26.5. The van der Waals surface area contributed by atoms with E-state index in [2.05, 4.69) is 70.9 Å². The van der Waals surface area contributed by atoms with Gasteiger partial charge in [0.15, 0.2) is 0 Å². The van der Waals surface area contributed by atoms with Crippen LogP contribution < -0.4 is 20.9 Å². The van der Waals surface area contributed by atoms with Crippen LogP contribution in [-0.2, 0) is 0 Å². The molecule has 2 aromatic carbocycles. The molecule has 0 radical (unpaired) electrons. The lowest BCUT2D eigenvalue weighted by Gasteiger charge is -2.08. The van der Waals surface area contributed by atoms with Crippen molar-refractivity contribution in [1.82, 2.24) is 0 Å². The molecular formula is C25H34. The minimum atomic E-state index is 1.03. The minimum Gasteiger partial charge on any atom is -0.0984 e. The fraction of sp³-hybridized carbons (Fsp3) is 0.280. The number of fused-ring (bicyclic) bond motifs is 1. The summed E-state index contributed by atoms with van der Waals surface area (Å²) in [7, 11) is 0. The van der Waals surface area contributed by atoms with E-state index in [1.54, 1.807) is 0 Å². The summed E-state index contributed by atoms with van der Waals surface area (Å²) in [5.74, 6) is 0. The standard InChI is InChI=1S/C21H22.2C2H6/c1-7-16(8-2)21-15(6)19-13-11-12-14(5)20(19)17(9-3)18(21)10-4;2*1-2/h7-13H,1-2,6H2,3-5H3;2*1-2H3/b17-9-,18-10-;;. The van der Waals surface area contributed by atoms with Crippen LogP contribution in [0.1, 0.15) is 47.1 Å². The molecule has 0 aliphatic heterocycles. The molecule has 0 aliphatic rings. The van der Waals surface area contributed by atoms with Crippen LogP contribution in [0.4, 0.5) is 0 Å². The first kappa shape index (κ1) is 22.7. The molecule has 0 saturated carbocycles. The number of hydrogen-bond donors (Lipinski definition) is 0. The lowest BCUT2D eigenvalue weighted by atomic mass is 9.96. The highest BCUT2D eigenvalue weighted by molar-refractivity contribution is 5.88. The Kier molecular flexibility index (Phi) is 10.2. The van der Waals surface area contributed by atoms with E-state index in [1.807, 2.05) is 39.8 Å². The zero-order valence-electron chi connectivity index (χ0n) is 17.2. The number of rotatable bonds is 2. The smallest absolute Gasteiger partial charge is 0.00362 e. The number of hydrogen-bond acceptors (Lipinski definition) is 0. The molecular weight excluding hydrogens is 300 g/mol. The molecule has 2 rings (SSSR count). The summed E-state index contributed by atoms with van der Waals surface area (Å²) < 4.78 is 0. The van der Waals surface area contributed by atoms with Crippen molar-refractivity contribution < 1.29 is 0 Å². The third-order valence-corrected chi connectivity index (χ3v) is 4.03. The Morgan fingerprint density at radius 2 is 1.40 bits per heavy atom. The molecule has 0 saturated heterocycles. The second-order valence-electron chi connectivity index (χ2n) is 5.12. The van der Waals surface area contributed by atoms with Crippen LogP contribution in [-0.4, -0.2) is 0 Å². The van der Waals surface area contributed by atoms with Crippen molar-refractivity contribution in [2.75, 3.05) is 0 Å². The van der Waals surface area contributed by atoms with Gasteiger partial charge in [0, 0.05) is 0 Å². The summed E-state index contributed by atoms with van der Waals surface area (Å²) in [5, 5.41) is 7.13. The van der Waals surface area contributed by atoms with Gasteiger partial charge in [-0.25, -0.2) is 0 Å². The highest BCUT2D eigenvalue weighted by Gasteiger charge is 2.04. The number of benzene rings is 2. The lowest BCUT2D eigenvalue weighted by molar-refractivity contribution is 1.40. The van der Waals surface area contributed by atoms with Crippen molar-refractivity contribution in [1.29, 1.82) is 0 Å². The fourth-order valence-corrected chi connectivity index (χ4v) is 3.06. The zero-order chi connectivity index (χ0) is 19.6. The Balaban J connectivity index is 0.00000134. The molecule has 0 nitrogen and oxygen atoms in total. The van der Waals surface area contributed by atoms with E-state index in [0.717, 1.165) is 16.0 Å². The van der Waals surface area contributed by atoms with Crippen molar-refractivity contribution in [2.24, 2.45) is 0 Å². The van der Waals surface area contributed by atoms with Gasteiger partial charge in [0.25, 0.3) is 0 Å². The molecule has 0 bridgehead atoms. The normalized spacial score (nSPS) is 11.2. The maximum Gasteiger partial charge on any atom is -0.00362 e. The summed E-state index contributed by atoms with van der Waals surface area (Å²) in [5.41, 5.74) is 2.30. The Morgan fingerprint density at radius 1 is 0.880 bits per heavy atom. The number of allylic oxidation sites excluding steroid dienone is 2. The number of aryl methyl sites for hydroxylation is 1. The van der Waals surface area contributed by atoms with Crippen molar-refractivity contribution >= 4 is 35.1 Å². The summed E-state index contributed by atoms with van der Waals surface area (Å²) in [6, 6.07) is 6.39. The van der Waals surface area contributed by atoms with E-state index < -0.39 is 0 Å². The molecule has 0 aliphatic carbocycles. The molecule has 0 fully saturated rings. The predicted molar refractivity (Wildman–Crippen MR) is 119 cm³/mol. The molecule has 0 N–H and O–H groups in total. The van der Waals surface area contributed by atoms with Crippen LogP contribution in [0.5, 0.6) is 0 Å². The van der Waals surface area contributed by atoms with Crippen LogP contribution in [0.3, 0.4) is 0 Å². The molecule has 0 heterocycles. The Hall–Kier alpha value is -2.34. The molecule has 0 atom stereocenters. The molecule has 0 spiro atoms. The third kappa shape index (κ3) is 4.39. The van der Waals surface area contributed by atoms with Gasteiger partial charge < -0.3 is 0 Å². The molecule has 0 heteroatoms. The zero-order valence-corrected chi connectivity index (χ0v) is 17.2. The predicted octanol–water partition coefficient (Wildman–Crippen LogP) is 4.73. The van der Waals surface area contributed by atoms with Gasteiger partial charge in [-0.3, -0.25) is 0 Å². The van der Waals surface area contributed by atoms with E-state index >= 15 is 0 Å². The van der Waals surface area contributed by atoms with E-state index in [1.165, 1.54) is 26.8 Å². The summed E-state index contributed by atoms with van der Waals surface area (Å²) >= 11 is 0. The van der Waals surface area contributed by atoms with Gasteiger partial charge in [0.2, 0.25) is 0 Å². The first-order chi connectivity index (χ1) is 12.1. The second-order valence-corrected chi connectivity index (χ2v) is 5.12. The van der Waals surface area contributed by atoms with Crippen LogP contribution in [0.15, 0.2) is 43.5 Å². The monoisotopic (exact) mass is 334 g/mol. The van der Waals surface area contributed by atoms with Gasteiger partial charge in [-0.1, -0.05) is 89.9 Å². The largest absolute Gasteiger partial charge is 0.0984 e. The Labute approximate surface area is 153 Å². The van der Waals surface area contributed by atoms with Crippen molar-refractivity contribution in [3.8, 4) is 0 Å². The molecule has 0 unspecified atom stereocenters. The molecule has 2 aromatic rings. The minimum absolute atomic E-state index is 1.03. The van der Waals surface area contributed by atoms with E-state index in [9.17, 15) is 0 Å². The van der Waals surface area contributed by atoms with Gasteiger partial charge in [0.1, 0.15) is 0 Å². The first-order valence-electron chi connectivity index (χ1n) is 9.22. The molecule has 25 heavy (non-hydrogen) atoms. The van der Waals surface area contributed by atoms with Crippen LogP contribution in [0.25, 0.3) is 35.1 Å². The Bertz CT molecular complexity index is 944. The van der Waals surface area contributed by atoms with Crippen molar-refractivity contribution in [3.05, 3.63) is 69.9 Å². The van der Waals surface area contributed by atoms with Crippen LogP contribution >= 0.6 is 0 Å². The quantitative estimate of drug-likeness (QED) is 0.744.